The minimum atomic E-state index is -0.617. The monoisotopic (exact) mass is 669 g/mol. The van der Waals surface area contributed by atoms with E-state index in [9.17, 15) is 14.4 Å². The number of rotatable bonds is 12. The van der Waals surface area contributed by atoms with E-state index in [4.69, 9.17) is 25.8 Å². The third kappa shape index (κ3) is 7.10. The van der Waals surface area contributed by atoms with Crippen molar-refractivity contribution in [2.24, 2.45) is 0 Å². The molecule has 0 spiro atoms. The van der Waals surface area contributed by atoms with Gasteiger partial charge in [-0.3, -0.25) is 14.2 Å². The summed E-state index contributed by atoms with van der Waals surface area (Å²) >= 11 is 8.94. The molecule has 1 aliphatic carbocycles. The molecule has 2 N–H and O–H groups in total. The third-order valence-corrected chi connectivity index (χ3v) is 9.59. The zero-order valence-electron chi connectivity index (χ0n) is 25.1. The Morgan fingerprint density at radius 3 is 2.62 bits per heavy atom. The van der Waals surface area contributed by atoms with Crippen LogP contribution in [0.2, 0.25) is 5.02 Å². The van der Waals surface area contributed by atoms with Crippen LogP contribution < -0.4 is 20.1 Å². The number of thiophene rings is 1. The summed E-state index contributed by atoms with van der Waals surface area (Å²) in [5, 5.41) is 15.3. The summed E-state index contributed by atoms with van der Waals surface area (Å²) in [6.07, 6.45) is 2.64. The van der Waals surface area contributed by atoms with Gasteiger partial charge in [0.15, 0.2) is 22.5 Å². The number of nitrogens with one attached hydrogen (secondary N) is 2. The Labute approximate surface area is 273 Å². The van der Waals surface area contributed by atoms with E-state index in [0.717, 1.165) is 29.7 Å². The zero-order valence-corrected chi connectivity index (χ0v) is 27.5. The molecule has 2 amide bonds. The highest BCUT2D eigenvalue weighted by atomic mass is 35.5. The summed E-state index contributed by atoms with van der Waals surface area (Å²) in [6.45, 7) is 3.80. The quantitative estimate of drug-likeness (QED) is 0.144. The molecule has 2 aromatic heterocycles. The largest absolute Gasteiger partial charge is 0.493 e. The highest BCUT2D eigenvalue weighted by Crippen LogP contribution is 2.40. The molecule has 0 bridgehead atoms. The van der Waals surface area contributed by atoms with Crippen LogP contribution in [0.3, 0.4) is 0 Å². The molecule has 14 heteroatoms. The van der Waals surface area contributed by atoms with Crippen molar-refractivity contribution in [2.45, 2.75) is 50.1 Å². The number of nitrogens with zero attached hydrogens (tertiary/aromatic N) is 3. The average molecular weight is 670 g/mol. The molecule has 1 aliphatic rings. The lowest BCUT2D eigenvalue weighted by atomic mass is 10.1. The lowest BCUT2D eigenvalue weighted by Gasteiger charge is -2.15. The number of hydrogen-bond acceptors (Lipinski definition) is 10. The van der Waals surface area contributed by atoms with Gasteiger partial charge in [0, 0.05) is 15.5 Å². The minimum absolute atomic E-state index is 0.0392. The molecule has 0 radical (unpaired) electrons. The summed E-state index contributed by atoms with van der Waals surface area (Å²) < 4.78 is 17.6. The smallest absolute Gasteiger partial charge is 0.341 e. The van der Waals surface area contributed by atoms with E-state index in [0.29, 0.717) is 49.3 Å². The Bertz CT molecular complexity index is 1740. The number of fused-ring (bicyclic) bond motifs is 1. The first-order chi connectivity index (χ1) is 21.7. The molecule has 236 valence electrons. The number of esters is 1. The van der Waals surface area contributed by atoms with Crippen LogP contribution >= 0.6 is 34.7 Å². The molecule has 45 heavy (non-hydrogen) atoms. The number of amides is 2. The number of hydrogen-bond donors (Lipinski definition) is 2. The number of carbonyl (C=O) groups excluding carboxylic acids is 3. The van der Waals surface area contributed by atoms with Crippen molar-refractivity contribution >= 4 is 57.5 Å². The van der Waals surface area contributed by atoms with Gasteiger partial charge >= 0.3 is 5.97 Å². The van der Waals surface area contributed by atoms with E-state index in [1.165, 1.54) is 37.3 Å². The van der Waals surface area contributed by atoms with Crippen LogP contribution in [0.25, 0.3) is 5.69 Å². The second-order valence-electron chi connectivity index (χ2n) is 10.00. The van der Waals surface area contributed by atoms with Crippen molar-refractivity contribution in [1.29, 1.82) is 0 Å². The molecule has 0 aliphatic heterocycles. The molecule has 0 saturated heterocycles. The van der Waals surface area contributed by atoms with Gasteiger partial charge in [0.05, 0.1) is 43.9 Å². The number of anilines is 1. The van der Waals surface area contributed by atoms with Gasteiger partial charge in [-0.1, -0.05) is 29.4 Å². The molecule has 5 rings (SSSR count). The molecule has 4 aromatic rings. The van der Waals surface area contributed by atoms with E-state index in [2.05, 4.69) is 20.8 Å². The van der Waals surface area contributed by atoms with Gasteiger partial charge in [0.1, 0.15) is 5.00 Å². The maximum atomic E-state index is 13.4. The van der Waals surface area contributed by atoms with Crippen molar-refractivity contribution < 1.29 is 28.6 Å². The maximum Gasteiger partial charge on any atom is 0.341 e. The topological polar surface area (TPSA) is 134 Å². The molecular weight excluding hydrogens is 638 g/mol. The summed E-state index contributed by atoms with van der Waals surface area (Å²) in [5.74, 6) is 0.302. The number of ether oxygens (including phenoxy) is 3. The van der Waals surface area contributed by atoms with E-state index >= 15 is 0 Å². The number of halogens is 1. The van der Waals surface area contributed by atoms with E-state index in [1.54, 1.807) is 54.8 Å². The van der Waals surface area contributed by atoms with Crippen LogP contribution in [-0.2, 0) is 28.9 Å². The van der Waals surface area contributed by atoms with Crippen LogP contribution in [0, 0.1) is 0 Å². The molecule has 0 saturated carbocycles. The highest BCUT2D eigenvalue weighted by Gasteiger charge is 2.30. The third-order valence-electron chi connectivity index (χ3n) is 7.11. The Morgan fingerprint density at radius 1 is 1.09 bits per heavy atom. The van der Waals surface area contributed by atoms with Gasteiger partial charge in [-0.2, -0.15) is 0 Å². The molecular formula is C31H32ClN5O6S2. The number of methoxy groups -OCH3 is 2. The van der Waals surface area contributed by atoms with Crippen molar-refractivity contribution in [3.05, 3.63) is 74.9 Å². The first-order valence-electron chi connectivity index (χ1n) is 14.2. The van der Waals surface area contributed by atoms with E-state index in [1.807, 2.05) is 6.07 Å². The van der Waals surface area contributed by atoms with Crippen LogP contribution in [0.4, 0.5) is 5.00 Å². The number of thioether (sulfide) groups is 1. The van der Waals surface area contributed by atoms with Crippen molar-refractivity contribution in [1.82, 2.24) is 20.1 Å². The standard InChI is InChI=1S/C31H32ClN5O6S2/c1-5-43-30(40)26-21-10-7-11-24(21)45-29(26)34-27(38)17(2)44-31-36-35-25(37(31)20-9-6-8-19(32)15-20)16-33-28(39)18-12-13-22(41-3)23(14-18)42-4/h6,8-9,12-15,17H,5,7,10-11,16H2,1-4H3,(H,33,39)(H,34,38)/t17-/m0/s1. The predicted octanol–water partition coefficient (Wildman–Crippen LogP) is 5.71. The maximum absolute atomic E-state index is 13.4. The van der Waals surface area contributed by atoms with Crippen LogP contribution in [-0.4, -0.2) is 58.6 Å². The van der Waals surface area contributed by atoms with Crippen LogP contribution in [0.5, 0.6) is 11.5 Å². The van der Waals surface area contributed by atoms with Crippen molar-refractivity contribution in [3.8, 4) is 17.2 Å². The van der Waals surface area contributed by atoms with Crippen molar-refractivity contribution in [2.75, 3.05) is 26.1 Å². The lowest BCUT2D eigenvalue weighted by Crippen LogP contribution is -2.25. The summed E-state index contributed by atoms with van der Waals surface area (Å²) in [5.41, 5.74) is 2.46. The van der Waals surface area contributed by atoms with Crippen molar-refractivity contribution in [3.63, 3.8) is 0 Å². The zero-order chi connectivity index (χ0) is 32.1. The molecule has 2 aromatic carbocycles. The fraction of sp³-hybridized carbons (Fsp3) is 0.323. The van der Waals surface area contributed by atoms with Gasteiger partial charge in [-0.15, -0.1) is 21.5 Å². The van der Waals surface area contributed by atoms with Gasteiger partial charge in [-0.25, -0.2) is 4.79 Å². The number of aryl methyl sites for hydroxylation is 1. The Balaban J connectivity index is 1.36. The fourth-order valence-electron chi connectivity index (χ4n) is 4.94. The Morgan fingerprint density at radius 2 is 1.89 bits per heavy atom. The van der Waals surface area contributed by atoms with Gasteiger partial charge in [-0.05, 0) is 75.1 Å². The van der Waals surface area contributed by atoms with E-state index in [-0.39, 0.29) is 25.0 Å². The van der Waals surface area contributed by atoms with E-state index < -0.39 is 11.2 Å². The normalized spacial score (nSPS) is 12.7. The molecule has 11 nitrogen and oxygen atoms in total. The predicted molar refractivity (Wildman–Crippen MR) is 173 cm³/mol. The Hall–Kier alpha value is -4.07. The SMILES string of the molecule is CCOC(=O)c1c(NC(=O)[C@H](C)Sc2nnc(CNC(=O)c3ccc(OC)c(OC)c3)n2-c2cccc(Cl)c2)sc2c1CCC2. The fourth-order valence-corrected chi connectivity index (χ4v) is 7.29. The second-order valence-corrected chi connectivity index (χ2v) is 12.8. The number of aromatic nitrogens is 3. The lowest BCUT2D eigenvalue weighted by molar-refractivity contribution is -0.115. The highest BCUT2D eigenvalue weighted by molar-refractivity contribution is 8.00. The van der Waals surface area contributed by atoms with Gasteiger partial charge in [0.25, 0.3) is 5.91 Å². The number of benzene rings is 2. The van der Waals surface area contributed by atoms with Crippen LogP contribution in [0.1, 0.15) is 57.2 Å². The molecule has 0 fully saturated rings. The summed E-state index contributed by atoms with van der Waals surface area (Å²) in [7, 11) is 3.02. The summed E-state index contributed by atoms with van der Waals surface area (Å²) in [6, 6.07) is 12.0. The first-order valence-corrected chi connectivity index (χ1v) is 16.3. The second kappa shape index (κ2) is 14.4. The van der Waals surface area contributed by atoms with Gasteiger partial charge in [0.2, 0.25) is 5.91 Å². The average Bonchev–Trinajstić information content (AvgIpc) is 3.74. The van der Waals surface area contributed by atoms with Gasteiger partial charge < -0.3 is 24.8 Å². The molecule has 0 unspecified atom stereocenters. The Kier molecular flexibility index (Phi) is 10.3. The number of carbonyl (C=O) groups is 3. The minimum Gasteiger partial charge on any atom is -0.493 e. The first kappa shape index (κ1) is 32.3. The van der Waals surface area contributed by atoms with Crippen LogP contribution in [0.15, 0.2) is 47.6 Å². The molecule has 1 atom stereocenters. The molecule has 2 heterocycles. The summed E-state index contributed by atoms with van der Waals surface area (Å²) in [4.78, 5) is 40.3.